The number of hydrogen-bond acceptors (Lipinski definition) is 6. The maximum Gasteiger partial charge on any atom is 0.311 e. The van der Waals surface area contributed by atoms with Crippen molar-refractivity contribution in [2.75, 3.05) is 19.0 Å². The zero-order chi connectivity index (χ0) is 12.8. The van der Waals surface area contributed by atoms with Crippen LogP contribution >= 0.6 is 0 Å². The summed E-state index contributed by atoms with van der Waals surface area (Å²) in [4.78, 5) is 14.2. The van der Waals surface area contributed by atoms with Crippen LogP contribution in [0.3, 0.4) is 0 Å². The van der Waals surface area contributed by atoms with Gasteiger partial charge in [0.05, 0.1) is 18.1 Å². The van der Waals surface area contributed by atoms with Crippen molar-refractivity contribution in [1.82, 2.24) is 4.98 Å². The van der Waals surface area contributed by atoms with Gasteiger partial charge in [0.25, 0.3) is 0 Å². The second kappa shape index (κ2) is 6.00. The van der Waals surface area contributed by atoms with Gasteiger partial charge in [-0.15, -0.1) is 0 Å². The number of anilines is 1. The highest BCUT2D eigenvalue weighted by molar-refractivity contribution is 5.56. The second-order valence-electron chi connectivity index (χ2n) is 3.54. The van der Waals surface area contributed by atoms with Crippen LogP contribution in [0.1, 0.15) is 13.3 Å². The van der Waals surface area contributed by atoms with Gasteiger partial charge in [-0.05, 0) is 13.3 Å². The molecule has 7 nitrogen and oxygen atoms in total. The third kappa shape index (κ3) is 3.87. The average molecular weight is 241 g/mol. The molecule has 0 aliphatic carbocycles. The molecular formula is C10H15N3O4. The van der Waals surface area contributed by atoms with Crippen LogP contribution in [0.4, 0.5) is 11.5 Å². The Morgan fingerprint density at radius 2 is 2.35 bits per heavy atom. The molecule has 1 aromatic rings. The summed E-state index contributed by atoms with van der Waals surface area (Å²) < 4.78 is 4.89. The lowest BCUT2D eigenvalue weighted by molar-refractivity contribution is -0.384. The molecule has 0 saturated heterocycles. The van der Waals surface area contributed by atoms with E-state index in [0.717, 1.165) is 0 Å². The molecule has 1 atom stereocenters. The minimum absolute atomic E-state index is 0.114. The van der Waals surface area contributed by atoms with E-state index < -0.39 is 11.0 Å². The zero-order valence-corrected chi connectivity index (χ0v) is 9.71. The van der Waals surface area contributed by atoms with Crippen molar-refractivity contribution in [2.24, 2.45) is 0 Å². The minimum Gasteiger partial charge on any atom is -0.481 e. The Morgan fingerprint density at radius 3 is 2.88 bits per heavy atom. The minimum atomic E-state index is -0.517. The summed E-state index contributed by atoms with van der Waals surface area (Å²) in [6.45, 7) is 2.05. The third-order valence-corrected chi connectivity index (χ3v) is 2.11. The predicted molar refractivity (Wildman–Crippen MR) is 62.2 cm³/mol. The molecule has 1 heterocycles. The summed E-state index contributed by atoms with van der Waals surface area (Å²) in [5.41, 5.74) is -0.114. The van der Waals surface area contributed by atoms with Crippen molar-refractivity contribution in [3.63, 3.8) is 0 Å². The van der Waals surface area contributed by atoms with E-state index in [4.69, 9.17) is 9.84 Å². The van der Waals surface area contributed by atoms with Crippen LogP contribution in [0, 0.1) is 10.1 Å². The van der Waals surface area contributed by atoms with Gasteiger partial charge in [0, 0.05) is 18.7 Å². The molecule has 7 heteroatoms. The molecule has 1 rings (SSSR count). The van der Waals surface area contributed by atoms with Crippen LogP contribution in [0.5, 0.6) is 5.88 Å². The van der Waals surface area contributed by atoms with Gasteiger partial charge < -0.3 is 15.2 Å². The van der Waals surface area contributed by atoms with E-state index in [9.17, 15) is 10.1 Å². The molecule has 0 aliphatic rings. The van der Waals surface area contributed by atoms with Crippen LogP contribution in [0.2, 0.25) is 0 Å². The lowest BCUT2D eigenvalue weighted by Gasteiger charge is -2.08. The molecule has 0 fully saturated rings. The highest BCUT2D eigenvalue weighted by atomic mass is 16.6. The first-order chi connectivity index (χ1) is 8.04. The Hall–Kier alpha value is -1.89. The number of hydrogen-bond donors (Lipinski definition) is 2. The SMILES string of the molecule is COc1ccc([N+](=O)[O-])c(NCCC(C)O)n1. The van der Waals surface area contributed by atoms with Crippen molar-refractivity contribution < 1.29 is 14.8 Å². The van der Waals surface area contributed by atoms with E-state index in [1.54, 1.807) is 6.92 Å². The highest BCUT2D eigenvalue weighted by Gasteiger charge is 2.15. The van der Waals surface area contributed by atoms with E-state index in [1.807, 2.05) is 0 Å². The normalized spacial score (nSPS) is 11.9. The van der Waals surface area contributed by atoms with E-state index in [2.05, 4.69) is 10.3 Å². The monoisotopic (exact) mass is 241 g/mol. The van der Waals surface area contributed by atoms with Gasteiger partial charge in [0.1, 0.15) is 0 Å². The number of aliphatic hydroxyl groups excluding tert-OH is 1. The molecule has 94 valence electrons. The maximum absolute atomic E-state index is 10.8. The number of ether oxygens (including phenoxy) is 1. The summed E-state index contributed by atoms with van der Waals surface area (Å²) in [7, 11) is 1.44. The predicted octanol–water partition coefficient (Wildman–Crippen LogP) is 1.18. The Morgan fingerprint density at radius 1 is 1.65 bits per heavy atom. The number of nitro groups is 1. The number of rotatable bonds is 6. The Bertz CT molecular complexity index is 395. The number of nitrogens with zero attached hydrogens (tertiary/aromatic N) is 2. The van der Waals surface area contributed by atoms with E-state index in [-0.39, 0.29) is 11.5 Å². The van der Waals surface area contributed by atoms with Crippen LogP contribution in [0.15, 0.2) is 12.1 Å². The molecule has 0 aromatic carbocycles. The van der Waals surface area contributed by atoms with Gasteiger partial charge >= 0.3 is 5.69 Å². The van der Waals surface area contributed by atoms with Crippen LogP contribution < -0.4 is 10.1 Å². The van der Waals surface area contributed by atoms with Gasteiger partial charge in [-0.3, -0.25) is 10.1 Å². The second-order valence-corrected chi connectivity index (χ2v) is 3.54. The molecule has 0 bridgehead atoms. The third-order valence-electron chi connectivity index (χ3n) is 2.11. The van der Waals surface area contributed by atoms with Crippen LogP contribution in [-0.2, 0) is 0 Å². The molecule has 0 amide bonds. The quantitative estimate of drug-likeness (QED) is 0.573. The first-order valence-corrected chi connectivity index (χ1v) is 5.16. The molecule has 0 aliphatic heterocycles. The van der Waals surface area contributed by atoms with Gasteiger partial charge in [-0.2, -0.15) is 4.98 Å². The largest absolute Gasteiger partial charge is 0.481 e. The summed E-state index contributed by atoms with van der Waals surface area (Å²) in [5, 5.41) is 22.7. The molecule has 17 heavy (non-hydrogen) atoms. The summed E-state index contributed by atoms with van der Waals surface area (Å²) in [6.07, 6.45) is 0.0166. The first kappa shape index (κ1) is 13.2. The fourth-order valence-electron chi connectivity index (χ4n) is 1.22. The van der Waals surface area contributed by atoms with Gasteiger partial charge in [0.2, 0.25) is 11.7 Å². The first-order valence-electron chi connectivity index (χ1n) is 5.16. The molecule has 1 aromatic heterocycles. The lowest BCUT2D eigenvalue weighted by atomic mass is 10.3. The molecular weight excluding hydrogens is 226 g/mol. The molecule has 0 spiro atoms. The van der Waals surface area contributed by atoms with Crippen molar-refractivity contribution in [3.8, 4) is 5.88 Å². The standard InChI is InChI=1S/C10H15N3O4/c1-7(14)5-6-11-10-8(13(15)16)3-4-9(12-10)17-2/h3-4,7,14H,5-6H2,1-2H3,(H,11,12). The topological polar surface area (TPSA) is 97.5 Å². The smallest absolute Gasteiger partial charge is 0.311 e. The Labute approximate surface area is 98.6 Å². The molecule has 1 unspecified atom stereocenters. The van der Waals surface area contributed by atoms with E-state index in [1.165, 1.54) is 19.2 Å². The number of methoxy groups -OCH3 is 1. The fraction of sp³-hybridized carbons (Fsp3) is 0.500. The Balaban J connectivity index is 2.82. The summed E-state index contributed by atoms with van der Waals surface area (Å²) in [6, 6.07) is 2.76. The van der Waals surface area contributed by atoms with Crippen LogP contribution in [0.25, 0.3) is 0 Å². The maximum atomic E-state index is 10.8. The van der Waals surface area contributed by atoms with E-state index in [0.29, 0.717) is 18.8 Å². The van der Waals surface area contributed by atoms with Gasteiger partial charge in [-0.25, -0.2) is 0 Å². The highest BCUT2D eigenvalue weighted by Crippen LogP contribution is 2.24. The Kier molecular flexibility index (Phi) is 4.65. The number of nitrogens with one attached hydrogen (secondary N) is 1. The molecule has 2 N–H and O–H groups in total. The van der Waals surface area contributed by atoms with Gasteiger partial charge in [-0.1, -0.05) is 0 Å². The summed E-state index contributed by atoms with van der Waals surface area (Å²) >= 11 is 0. The van der Waals surface area contributed by atoms with Crippen molar-refractivity contribution in [1.29, 1.82) is 0 Å². The van der Waals surface area contributed by atoms with Gasteiger partial charge in [0.15, 0.2) is 0 Å². The molecule has 0 saturated carbocycles. The van der Waals surface area contributed by atoms with Crippen molar-refractivity contribution in [3.05, 3.63) is 22.2 Å². The molecule has 0 radical (unpaired) electrons. The number of pyridine rings is 1. The number of aromatic nitrogens is 1. The average Bonchev–Trinajstić information content (AvgIpc) is 2.28. The van der Waals surface area contributed by atoms with Crippen LogP contribution in [-0.4, -0.2) is 34.8 Å². The zero-order valence-electron chi connectivity index (χ0n) is 9.71. The van der Waals surface area contributed by atoms with Crippen molar-refractivity contribution >= 4 is 11.5 Å². The summed E-state index contributed by atoms with van der Waals surface area (Å²) in [5.74, 6) is 0.449. The number of aliphatic hydroxyl groups is 1. The van der Waals surface area contributed by atoms with Crippen molar-refractivity contribution in [2.45, 2.75) is 19.4 Å². The fourth-order valence-corrected chi connectivity index (χ4v) is 1.22. The van der Waals surface area contributed by atoms with E-state index >= 15 is 0 Å². The lowest BCUT2D eigenvalue weighted by Crippen LogP contribution is -2.12.